The largest absolute Gasteiger partial charge is 0.377 e. The van der Waals surface area contributed by atoms with Crippen LogP contribution < -0.4 is 4.18 Å². The third-order valence-corrected chi connectivity index (χ3v) is 5.17. The molecule has 0 fully saturated rings. The Morgan fingerprint density at radius 1 is 0.885 bits per heavy atom. The Morgan fingerprint density at radius 3 is 2.23 bits per heavy atom. The Bertz CT molecular complexity index is 1030. The Balaban J connectivity index is 1.79. The molecule has 0 atom stereocenters. The van der Waals surface area contributed by atoms with Crippen LogP contribution in [0.25, 0.3) is 0 Å². The van der Waals surface area contributed by atoms with Gasteiger partial charge < -0.3 is 4.18 Å². The van der Waals surface area contributed by atoms with Crippen LogP contribution in [-0.2, 0) is 10.1 Å². The van der Waals surface area contributed by atoms with Gasteiger partial charge in [0.15, 0.2) is 5.75 Å². The maximum absolute atomic E-state index is 12.3. The molecule has 0 spiro atoms. The highest BCUT2D eigenvalue weighted by Crippen LogP contribution is 2.28. The lowest BCUT2D eigenvalue weighted by molar-refractivity contribution is 0.486. The molecular weight excluding hydrogens is 393 g/mol. The summed E-state index contributed by atoms with van der Waals surface area (Å²) in [7, 11) is -4.00. The topological polar surface area (TPSA) is 55.7 Å². The lowest BCUT2D eigenvalue weighted by Gasteiger charge is -2.09. The Morgan fingerprint density at radius 2 is 1.58 bits per heavy atom. The average Bonchev–Trinajstić information content (AvgIpc) is 2.63. The number of hydrogen-bond donors (Lipinski definition) is 0. The first-order valence-electron chi connectivity index (χ1n) is 7.53. The van der Waals surface area contributed by atoms with Gasteiger partial charge in [-0.15, -0.1) is 0 Å². The second-order valence-corrected chi connectivity index (χ2v) is 7.66. The van der Waals surface area contributed by atoms with Crippen LogP contribution in [0.15, 0.2) is 82.7 Å². The van der Waals surface area contributed by atoms with E-state index in [1.165, 1.54) is 30.3 Å². The zero-order chi connectivity index (χ0) is 18.6. The third-order valence-electron chi connectivity index (χ3n) is 3.38. The second-order valence-electron chi connectivity index (χ2n) is 5.27. The molecule has 0 saturated heterocycles. The number of halogens is 2. The molecule has 0 unspecified atom stereocenters. The first-order chi connectivity index (χ1) is 12.4. The van der Waals surface area contributed by atoms with Gasteiger partial charge in [0.2, 0.25) is 0 Å². The molecule has 0 amide bonds. The molecule has 26 heavy (non-hydrogen) atoms. The normalized spacial score (nSPS) is 11.6. The van der Waals surface area contributed by atoms with Crippen LogP contribution in [0.2, 0.25) is 10.0 Å². The predicted molar refractivity (Wildman–Crippen MR) is 104 cm³/mol. The molecule has 0 heterocycles. The maximum Gasteiger partial charge on any atom is 0.339 e. The SMILES string of the molecule is O=S(=O)(Oc1ccc(C=Nc2ccccc2)cc1Cl)c1ccc(Cl)cc1. The van der Waals surface area contributed by atoms with Crippen LogP contribution >= 0.6 is 23.2 Å². The summed E-state index contributed by atoms with van der Waals surface area (Å²) in [5.74, 6) is 0.0403. The Hall–Kier alpha value is -2.34. The molecule has 0 aliphatic heterocycles. The molecule has 0 aromatic heterocycles. The maximum atomic E-state index is 12.3. The predicted octanol–water partition coefficient (Wildman–Crippen LogP) is 5.51. The van der Waals surface area contributed by atoms with E-state index in [2.05, 4.69) is 4.99 Å². The van der Waals surface area contributed by atoms with Crippen LogP contribution in [0, 0.1) is 0 Å². The average molecular weight is 406 g/mol. The molecule has 4 nitrogen and oxygen atoms in total. The van der Waals surface area contributed by atoms with Gasteiger partial charge in [0.25, 0.3) is 0 Å². The highest BCUT2D eigenvalue weighted by Gasteiger charge is 2.18. The van der Waals surface area contributed by atoms with Crippen LogP contribution in [0.1, 0.15) is 5.56 Å². The van der Waals surface area contributed by atoms with E-state index in [4.69, 9.17) is 27.4 Å². The fraction of sp³-hybridized carbons (Fsp3) is 0. The van der Waals surface area contributed by atoms with E-state index in [1.807, 2.05) is 30.3 Å². The number of rotatable bonds is 5. The van der Waals surface area contributed by atoms with Crippen molar-refractivity contribution in [2.75, 3.05) is 0 Å². The summed E-state index contributed by atoms with van der Waals surface area (Å²) in [5.41, 5.74) is 1.52. The van der Waals surface area contributed by atoms with E-state index >= 15 is 0 Å². The lowest BCUT2D eigenvalue weighted by Crippen LogP contribution is -2.10. The monoisotopic (exact) mass is 405 g/mol. The van der Waals surface area contributed by atoms with Crippen molar-refractivity contribution in [1.82, 2.24) is 0 Å². The van der Waals surface area contributed by atoms with Gasteiger partial charge in [-0.3, -0.25) is 4.99 Å². The van der Waals surface area contributed by atoms with Crippen LogP contribution in [0.3, 0.4) is 0 Å². The van der Waals surface area contributed by atoms with E-state index in [9.17, 15) is 8.42 Å². The molecule has 3 aromatic carbocycles. The number of nitrogens with zero attached hydrogens (tertiary/aromatic N) is 1. The van der Waals surface area contributed by atoms with E-state index in [0.717, 1.165) is 11.3 Å². The first kappa shape index (κ1) is 18.5. The molecule has 0 bridgehead atoms. The van der Waals surface area contributed by atoms with Crippen molar-refractivity contribution >= 4 is 45.2 Å². The second kappa shape index (κ2) is 7.91. The lowest BCUT2D eigenvalue weighted by atomic mass is 10.2. The third kappa shape index (κ3) is 4.64. The highest BCUT2D eigenvalue weighted by molar-refractivity contribution is 7.87. The van der Waals surface area contributed by atoms with Crippen LogP contribution in [0.5, 0.6) is 5.75 Å². The minimum Gasteiger partial charge on any atom is -0.377 e. The summed E-state index contributed by atoms with van der Waals surface area (Å²) in [6.07, 6.45) is 1.64. The van der Waals surface area contributed by atoms with Crippen molar-refractivity contribution in [3.05, 3.63) is 88.4 Å². The van der Waals surface area contributed by atoms with Gasteiger partial charge >= 0.3 is 10.1 Å². The number of aliphatic imine (C=N–C) groups is 1. The first-order valence-corrected chi connectivity index (χ1v) is 9.69. The van der Waals surface area contributed by atoms with Crippen molar-refractivity contribution in [2.45, 2.75) is 4.90 Å². The molecule has 0 saturated carbocycles. The summed E-state index contributed by atoms with van der Waals surface area (Å²) in [5, 5.41) is 0.601. The van der Waals surface area contributed by atoms with Gasteiger partial charge in [-0.2, -0.15) is 8.42 Å². The molecule has 0 radical (unpaired) electrons. The summed E-state index contributed by atoms with van der Waals surface area (Å²) >= 11 is 11.9. The number of para-hydroxylation sites is 1. The summed E-state index contributed by atoms with van der Waals surface area (Å²) in [6.45, 7) is 0. The van der Waals surface area contributed by atoms with Gasteiger partial charge in [-0.1, -0.05) is 41.4 Å². The molecule has 0 aliphatic rings. The molecule has 7 heteroatoms. The molecule has 0 N–H and O–H groups in total. The van der Waals surface area contributed by atoms with E-state index in [1.54, 1.807) is 18.3 Å². The van der Waals surface area contributed by atoms with Crippen molar-refractivity contribution in [2.24, 2.45) is 4.99 Å². The van der Waals surface area contributed by atoms with Crippen molar-refractivity contribution in [3.8, 4) is 5.75 Å². The zero-order valence-corrected chi connectivity index (χ0v) is 15.7. The molecule has 3 aromatic rings. The van der Waals surface area contributed by atoms with Crippen LogP contribution in [0.4, 0.5) is 5.69 Å². The van der Waals surface area contributed by atoms with Gasteiger partial charge in [-0.05, 0) is 60.2 Å². The number of benzene rings is 3. The molecule has 3 rings (SSSR count). The van der Waals surface area contributed by atoms with Gasteiger partial charge in [-0.25, -0.2) is 0 Å². The fourth-order valence-electron chi connectivity index (χ4n) is 2.10. The van der Waals surface area contributed by atoms with Crippen LogP contribution in [-0.4, -0.2) is 14.6 Å². The standard InChI is InChI=1S/C19H13Cl2NO3S/c20-15-7-9-17(10-8-15)26(23,24)25-19-11-6-14(12-18(19)21)13-22-16-4-2-1-3-5-16/h1-13H. The van der Waals surface area contributed by atoms with Gasteiger partial charge in [0.1, 0.15) is 4.90 Å². The molecule has 132 valence electrons. The Kier molecular flexibility index (Phi) is 5.61. The molecular formula is C19H13Cl2NO3S. The summed E-state index contributed by atoms with van der Waals surface area (Å²) in [4.78, 5) is 4.32. The number of hydrogen-bond acceptors (Lipinski definition) is 4. The highest BCUT2D eigenvalue weighted by atomic mass is 35.5. The zero-order valence-electron chi connectivity index (χ0n) is 13.3. The quantitative estimate of drug-likeness (QED) is 0.415. The molecule has 0 aliphatic carbocycles. The van der Waals surface area contributed by atoms with E-state index in [0.29, 0.717) is 5.02 Å². The van der Waals surface area contributed by atoms with Gasteiger partial charge in [0, 0.05) is 11.2 Å². The fourth-order valence-corrected chi connectivity index (χ4v) is 3.44. The van der Waals surface area contributed by atoms with Gasteiger partial charge in [0.05, 0.1) is 10.7 Å². The van der Waals surface area contributed by atoms with Crippen molar-refractivity contribution in [3.63, 3.8) is 0 Å². The van der Waals surface area contributed by atoms with Crippen molar-refractivity contribution in [1.29, 1.82) is 0 Å². The van der Waals surface area contributed by atoms with E-state index in [-0.39, 0.29) is 15.7 Å². The smallest absolute Gasteiger partial charge is 0.339 e. The van der Waals surface area contributed by atoms with Crippen molar-refractivity contribution < 1.29 is 12.6 Å². The minimum absolute atomic E-state index is 0.00677. The Labute approximate surface area is 161 Å². The summed E-state index contributed by atoms with van der Waals surface area (Å²) < 4.78 is 29.7. The summed E-state index contributed by atoms with van der Waals surface area (Å²) in [6, 6.07) is 19.8. The minimum atomic E-state index is -4.00. The van der Waals surface area contributed by atoms with E-state index < -0.39 is 10.1 Å².